The van der Waals surface area contributed by atoms with Crippen molar-refractivity contribution < 1.29 is 4.74 Å². The summed E-state index contributed by atoms with van der Waals surface area (Å²) in [6.07, 6.45) is 0. The van der Waals surface area contributed by atoms with Crippen LogP contribution in [0.4, 0.5) is 0 Å². The zero-order chi connectivity index (χ0) is 31.5. The van der Waals surface area contributed by atoms with Crippen LogP contribution < -0.4 is 4.74 Å². The molecule has 0 saturated carbocycles. The van der Waals surface area contributed by atoms with Crippen molar-refractivity contribution in [2.75, 3.05) is 0 Å². The Morgan fingerprint density at radius 3 is 1.83 bits per heavy atom. The Kier molecular flexibility index (Phi) is 6.09. The number of benzene rings is 6. The van der Waals surface area contributed by atoms with E-state index in [4.69, 9.17) is 19.7 Å². The van der Waals surface area contributed by atoms with Gasteiger partial charge in [-0.15, -0.1) is 0 Å². The van der Waals surface area contributed by atoms with Crippen LogP contribution in [-0.2, 0) is 5.41 Å². The first-order chi connectivity index (χ1) is 23.0. The first-order valence-corrected chi connectivity index (χ1v) is 15.9. The van der Waals surface area contributed by atoms with Crippen LogP contribution in [0.25, 0.3) is 61.4 Å². The molecule has 0 N–H and O–H groups in total. The Hall–Kier alpha value is -6.07. The van der Waals surface area contributed by atoms with Crippen LogP contribution in [0.3, 0.4) is 0 Å². The van der Waals surface area contributed by atoms with E-state index >= 15 is 0 Å². The Balaban J connectivity index is 1.13. The average Bonchev–Trinajstić information content (AvgIpc) is 3.56. The lowest BCUT2D eigenvalue weighted by Crippen LogP contribution is -2.14. The van der Waals surface area contributed by atoms with Crippen LogP contribution in [0.15, 0.2) is 146 Å². The third-order valence-corrected chi connectivity index (χ3v) is 9.36. The smallest absolute Gasteiger partial charge is 0.326 e. The monoisotopic (exact) mass is 606 g/mol. The van der Waals surface area contributed by atoms with Crippen LogP contribution in [0, 0.1) is 0 Å². The summed E-state index contributed by atoms with van der Waals surface area (Å²) in [4.78, 5) is 14.1. The molecule has 5 nitrogen and oxygen atoms in total. The normalized spacial score (nSPS) is 13.1. The predicted molar refractivity (Wildman–Crippen MR) is 189 cm³/mol. The minimum Gasteiger partial charge on any atom is -0.424 e. The van der Waals surface area contributed by atoms with Crippen LogP contribution >= 0.6 is 0 Å². The van der Waals surface area contributed by atoms with Gasteiger partial charge >= 0.3 is 6.01 Å². The van der Waals surface area contributed by atoms with Crippen LogP contribution in [-0.4, -0.2) is 19.5 Å². The second-order valence-corrected chi connectivity index (χ2v) is 12.5. The lowest BCUT2D eigenvalue weighted by molar-refractivity contribution is 0.441. The highest BCUT2D eigenvalue weighted by molar-refractivity contribution is 6.11. The van der Waals surface area contributed by atoms with Gasteiger partial charge in [0, 0.05) is 33.0 Å². The molecule has 0 amide bonds. The number of fused-ring (bicyclic) bond motifs is 6. The number of hydrogen-bond acceptors (Lipinski definition) is 4. The lowest BCUT2D eigenvalue weighted by Gasteiger charge is -2.21. The summed E-state index contributed by atoms with van der Waals surface area (Å²) in [6, 6.07) is 50.5. The van der Waals surface area contributed by atoms with Crippen molar-refractivity contribution in [2.45, 2.75) is 19.3 Å². The molecule has 2 heterocycles. The maximum Gasteiger partial charge on any atom is 0.326 e. The fourth-order valence-electron chi connectivity index (χ4n) is 7.04. The quantitative estimate of drug-likeness (QED) is 0.196. The first kappa shape index (κ1) is 27.3. The topological polar surface area (TPSA) is 52.8 Å². The van der Waals surface area contributed by atoms with Crippen LogP contribution in [0.1, 0.15) is 25.0 Å². The van der Waals surface area contributed by atoms with Gasteiger partial charge in [-0.2, -0.15) is 9.97 Å². The van der Waals surface area contributed by atoms with Crippen molar-refractivity contribution in [1.29, 1.82) is 0 Å². The van der Waals surface area contributed by atoms with Crippen molar-refractivity contribution in [3.05, 3.63) is 157 Å². The minimum atomic E-state index is -0.0825. The lowest BCUT2D eigenvalue weighted by atomic mass is 9.82. The molecular weight excluding hydrogens is 576 g/mol. The molecule has 1 aliphatic rings. The van der Waals surface area contributed by atoms with E-state index in [1.54, 1.807) is 0 Å². The SMILES string of the molecule is CC1(C)c2ccccc2-c2cc3c4ccccc4n(-c4ccc(Oc5nc(-c6ccccc6)nc(-c6ccccc6)n5)cc4)c3cc21. The zero-order valence-electron chi connectivity index (χ0n) is 26.1. The van der Waals surface area contributed by atoms with E-state index in [0.717, 1.165) is 16.8 Å². The summed E-state index contributed by atoms with van der Waals surface area (Å²) in [6.45, 7) is 4.66. The molecule has 0 bridgehead atoms. The molecular formula is C42H30N4O. The summed E-state index contributed by atoms with van der Waals surface area (Å²) < 4.78 is 8.66. The van der Waals surface area contributed by atoms with E-state index in [9.17, 15) is 0 Å². The maximum absolute atomic E-state index is 6.30. The number of ether oxygens (including phenoxy) is 1. The maximum atomic E-state index is 6.30. The Bertz CT molecular complexity index is 2390. The molecule has 0 unspecified atom stereocenters. The van der Waals surface area contributed by atoms with Crippen molar-refractivity contribution in [1.82, 2.24) is 19.5 Å². The van der Waals surface area contributed by atoms with E-state index < -0.39 is 0 Å². The second-order valence-electron chi connectivity index (χ2n) is 12.5. The summed E-state index contributed by atoms with van der Waals surface area (Å²) in [5.41, 5.74) is 10.5. The average molecular weight is 607 g/mol. The molecule has 0 radical (unpaired) electrons. The number of nitrogens with zero attached hydrogens (tertiary/aromatic N) is 4. The molecule has 5 heteroatoms. The highest BCUT2D eigenvalue weighted by Gasteiger charge is 2.36. The number of rotatable bonds is 5. The van der Waals surface area contributed by atoms with Gasteiger partial charge < -0.3 is 9.30 Å². The van der Waals surface area contributed by atoms with E-state index in [1.807, 2.05) is 72.8 Å². The van der Waals surface area contributed by atoms with E-state index in [1.165, 1.54) is 44.1 Å². The molecule has 2 aromatic heterocycles. The number of para-hydroxylation sites is 1. The van der Waals surface area contributed by atoms with E-state index in [-0.39, 0.29) is 11.4 Å². The summed E-state index contributed by atoms with van der Waals surface area (Å²) in [5, 5.41) is 2.49. The number of aromatic nitrogens is 4. The van der Waals surface area contributed by atoms with E-state index in [0.29, 0.717) is 17.4 Å². The first-order valence-electron chi connectivity index (χ1n) is 15.9. The van der Waals surface area contributed by atoms with Gasteiger partial charge in [-0.1, -0.05) is 117 Å². The highest BCUT2D eigenvalue weighted by Crippen LogP contribution is 2.51. The molecule has 0 aliphatic heterocycles. The van der Waals surface area contributed by atoms with Gasteiger partial charge in [0.2, 0.25) is 0 Å². The van der Waals surface area contributed by atoms with Crippen molar-refractivity contribution in [3.63, 3.8) is 0 Å². The Morgan fingerprint density at radius 2 is 1.13 bits per heavy atom. The van der Waals surface area contributed by atoms with Crippen molar-refractivity contribution in [3.8, 4) is 51.3 Å². The molecule has 224 valence electrons. The summed E-state index contributed by atoms with van der Waals surface area (Å²) >= 11 is 0. The van der Waals surface area contributed by atoms with E-state index in [2.05, 4.69) is 91.2 Å². The molecule has 8 aromatic rings. The van der Waals surface area contributed by atoms with Crippen molar-refractivity contribution in [2.24, 2.45) is 0 Å². The largest absolute Gasteiger partial charge is 0.424 e. The highest BCUT2D eigenvalue weighted by atomic mass is 16.5. The zero-order valence-corrected chi connectivity index (χ0v) is 26.1. The minimum absolute atomic E-state index is 0.0825. The molecule has 9 rings (SSSR count). The second kappa shape index (κ2) is 10.5. The van der Waals surface area contributed by atoms with Gasteiger partial charge in [-0.3, -0.25) is 0 Å². The predicted octanol–water partition coefficient (Wildman–Crippen LogP) is 10.4. The third kappa shape index (κ3) is 4.43. The summed E-state index contributed by atoms with van der Waals surface area (Å²) in [7, 11) is 0. The van der Waals surface area contributed by atoms with Gasteiger partial charge in [-0.05, 0) is 64.7 Å². The number of hydrogen-bond donors (Lipinski definition) is 0. The standard InChI is InChI=1S/C42H30N4O/c1-42(2)35-19-11-9-17-31(35)33-25-34-32-18-10-12-20-37(32)46(38(34)26-36(33)42)29-21-23-30(24-22-29)47-41-44-39(27-13-5-3-6-14-27)43-40(45-41)28-15-7-4-8-16-28/h3-26H,1-2H3. The van der Waals surface area contributed by atoms with Crippen LogP contribution in [0.2, 0.25) is 0 Å². The summed E-state index contributed by atoms with van der Waals surface area (Å²) in [5.74, 6) is 1.78. The molecule has 0 atom stereocenters. The van der Waals surface area contributed by atoms with Gasteiger partial charge in [0.1, 0.15) is 5.75 Å². The molecule has 1 aliphatic carbocycles. The van der Waals surface area contributed by atoms with Gasteiger partial charge in [-0.25, -0.2) is 4.98 Å². The fraction of sp³-hybridized carbons (Fsp3) is 0.0714. The molecule has 0 spiro atoms. The van der Waals surface area contributed by atoms with Gasteiger partial charge in [0.05, 0.1) is 11.0 Å². The molecule has 47 heavy (non-hydrogen) atoms. The fourth-order valence-corrected chi connectivity index (χ4v) is 7.04. The van der Waals surface area contributed by atoms with Crippen molar-refractivity contribution >= 4 is 21.8 Å². The molecule has 0 fully saturated rings. The molecule has 6 aromatic carbocycles. The van der Waals surface area contributed by atoms with Crippen LogP contribution in [0.5, 0.6) is 11.8 Å². The third-order valence-electron chi connectivity index (χ3n) is 9.36. The van der Waals surface area contributed by atoms with Gasteiger partial charge in [0.15, 0.2) is 11.6 Å². The molecule has 0 saturated heterocycles. The van der Waals surface area contributed by atoms with Gasteiger partial charge in [0.25, 0.3) is 0 Å². The Labute approximate surface area is 272 Å². The Morgan fingerprint density at radius 1 is 0.511 bits per heavy atom.